The van der Waals surface area contributed by atoms with Crippen molar-refractivity contribution < 1.29 is 14.5 Å². The fourth-order valence-electron chi connectivity index (χ4n) is 2.11. The highest BCUT2D eigenvalue weighted by Gasteiger charge is 2.18. The van der Waals surface area contributed by atoms with Gasteiger partial charge in [0, 0.05) is 18.2 Å². The van der Waals surface area contributed by atoms with Crippen LogP contribution in [0.5, 0.6) is 0 Å². The molecular weight excluding hydrogens is 346 g/mol. The van der Waals surface area contributed by atoms with Crippen LogP contribution in [0.3, 0.4) is 0 Å². The van der Waals surface area contributed by atoms with Crippen LogP contribution >= 0.6 is 11.6 Å². The van der Waals surface area contributed by atoms with E-state index in [9.17, 15) is 19.7 Å². The summed E-state index contributed by atoms with van der Waals surface area (Å²) >= 11 is 5.75. The molecule has 2 amide bonds. The predicted molar refractivity (Wildman–Crippen MR) is 95.1 cm³/mol. The molecule has 130 valence electrons. The maximum Gasteiger partial charge on any atom is 0.288 e. The first kappa shape index (κ1) is 18.4. The van der Waals surface area contributed by atoms with Crippen LogP contribution in [0, 0.1) is 10.1 Å². The molecule has 0 heterocycles. The lowest BCUT2D eigenvalue weighted by Gasteiger charge is -2.11. The van der Waals surface area contributed by atoms with E-state index in [2.05, 4.69) is 10.6 Å². The van der Waals surface area contributed by atoms with Gasteiger partial charge < -0.3 is 10.6 Å². The van der Waals surface area contributed by atoms with E-state index in [4.69, 9.17) is 11.6 Å². The lowest BCUT2D eigenvalue weighted by molar-refractivity contribution is -0.384. The molecule has 7 nitrogen and oxygen atoms in total. The van der Waals surface area contributed by atoms with E-state index in [-0.39, 0.29) is 22.2 Å². The number of para-hydroxylation sites is 1. The molecule has 0 atom stereocenters. The van der Waals surface area contributed by atoms with Crippen molar-refractivity contribution >= 4 is 34.8 Å². The fourth-order valence-corrected chi connectivity index (χ4v) is 2.30. The third-order valence-electron chi connectivity index (χ3n) is 3.36. The third-order valence-corrected chi connectivity index (χ3v) is 3.68. The number of nitrogens with one attached hydrogen (secondary N) is 2. The monoisotopic (exact) mass is 361 g/mol. The fraction of sp³-hybridized carbons (Fsp3) is 0.176. The SMILES string of the molecule is CCCNC(=O)c1ccccc1NC(=O)c1ccc(Cl)c([N+](=O)[O-])c1. The van der Waals surface area contributed by atoms with Gasteiger partial charge in [0.1, 0.15) is 5.02 Å². The Kier molecular flexibility index (Phi) is 6.08. The van der Waals surface area contributed by atoms with Crippen LogP contribution in [0.1, 0.15) is 34.1 Å². The van der Waals surface area contributed by atoms with Gasteiger partial charge in [0.2, 0.25) is 0 Å². The average molecular weight is 362 g/mol. The van der Waals surface area contributed by atoms with Gasteiger partial charge >= 0.3 is 0 Å². The number of benzene rings is 2. The minimum atomic E-state index is -0.661. The Bertz CT molecular complexity index is 823. The Labute approximate surface area is 149 Å². The molecule has 25 heavy (non-hydrogen) atoms. The molecule has 0 aliphatic heterocycles. The van der Waals surface area contributed by atoms with Gasteiger partial charge in [-0.1, -0.05) is 30.7 Å². The van der Waals surface area contributed by atoms with E-state index >= 15 is 0 Å². The summed E-state index contributed by atoms with van der Waals surface area (Å²) in [4.78, 5) is 34.8. The molecule has 0 fully saturated rings. The number of nitro benzene ring substituents is 1. The standard InChI is InChI=1S/C17H16ClN3O4/c1-2-9-19-17(23)12-5-3-4-6-14(12)20-16(22)11-7-8-13(18)15(10-11)21(24)25/h3-8,10H,2,9H2,1H3,(H,19,23)(H,20,22). The predicted octanol–water partition coefficient (Wildman–Crippen LogP) is 3.64. The normalized spacial score (nSPS) is 10.2. The van der Waals surface area contributed by atoms with Crippen LogP contribution in [-0.2, 0) is 0 Å². The lowest BCUT2D eigenvalue weighted by Crippen LogP contribution is -2.25. The molecule has 0 saturated carbocycles. The van der Waals surface area contributed by atoms with E-state index < -0.39 is 10.8 Å². The molecule has 8 heteroatoms. The third kappa shape index (κ3) is 4.54. The van der Waals surface area contributed by atoms with E-state index in [1.54, 1.807) is 24.3 Å². The van der Waals surface area contributed by atoms with Gasteiger partial charge in [-0.3, -0.25) is 19.7 Å². The zero-order valence-electron chi connectivity index (χ0n) is 13.4. The first-order valence-corrected chi connectivity index (χ1v) is 7.94. The number of anilines is 1. The quantitative estimate of drug-likeness (QED) is 0.605. The van der Waals surface area contributed by atoms with Crippen LogP contribution in [0.25, 0.3) is 0 Å². The summed E-state index contributed by atoms with van der Waals surface area (Å²) in [6.45, 7) is 2.45. The molecule has 0 bridgehead atoms. The molecule has 0 aromatic heterocycles. The second-order valence-corrected chi connectivity index (χ2v) is 5.59. The molecule has 0 radical (unpaired) electrons. The first-order valence-electron chi connectivity index (χ1n) is 7.56. The van der Waals surface area contributed by atoms with Gasteiger partial charge in [0.25, 0.3) is 17.5 Å². The molecule has 2 N–H and O–H groups in total. The number of rotatable bonds is 6. The maximum atomic E-state index is 12.4. The van der Waals surface area contributed by atoms with Crippen molar-refractivity contribution in [3.05, 3.63) is 68.7 Å². The molecule has 2 aromatic rings. The number of hydrogen-bond donors (Lipinski definition) is 2. The van der Waals surface area contributed by atoms with E-state index in [1.807, 2.05) is 6.92 Å². The highest BCUT2D eigenvalue weighted by molar-refractivity contribution is 6.32. The summed E-state index contributed by atoms with van der Waals surface area (Å²) in [5.41, 5.74) is 0.342. The van der Waals surface area contributed by atoms with Crippen molar-refractivity contribution in [3.63, 3.8) is 0 Å². The zero-order valence-corrected chi connectivity index (χ0v) is 14.2. The van der Waals surface area contributed by atoms with Crippen LogP contribution in [-0.4, -0.2) is 23.3 Å². The highest BCUT2D eigenvalue weighted by Crippen LogP contribution is 2.26. The number of nitrogens with zero attached hydrogens (tertiary/aromatic N) is 1. The summed E-state index contributed by atoms with van der Waals surface area (Å²) in [5.74, 6) is -0.879. The number of hydrogen-bond acceptors (Lipinski definition) is 4. The number of halogens is 1. The second-order valence-electron chi connectivity index (χ2n) is 5.18. The molecule has 0 aliphatic rings. The summed E-state index contributed by atoms with van der Waals surface area (Å²) in [6, 6.07) is 10.3. The minimum Gasteiger partial charge on any atom is -0.352 e. The first-order chi connectivity index (χ1) is 11.9. The summed E-state index contributed by atoms with van der Waals surface area (Å²) in [6.07, 6.45) is 0.786. The molecule has 0 unspecified atom stereocenters. The van der Waals surface area contributed by atoms with E-state index in [0.29, 0.717) is 17.8 Å². The molecule has 0 spiro atoms. The molecular formula is C17H16ClN3O4. The van der Waals surface area contributed by atoms with Crippen molar-refractivity contribution in [1.82, 2.24) is 5.32 Å². The Morgan fingerprint density at radius 1 is 1.16 bits per heavy atom. The summed E-state index contributed by atoms with van der Waals surface area (Å²) in [7, 11) is 0. The van der Waals surface area contributed by atoms with Crippen LogP contribution in [0.4, 0.5) is 11.4 Å². The van der Waals surface area contributed by atoms with Gasteiger partial charge in [-0.25, -0.2) is 0 Å². The summed E-state index contributed by atoms with van der Waals surface area (Å²) < 4.78 is 0. The lowest BCUT2D eigenvalue weighted by atomic mass is 10.1. The van der Waals surface area contributed by atoms with Crippen molar-refractivity contribution in [2.24, 2.45) is 0 Å². The topological polar surface area (TPSA) is 101 Å². The summed E-state index contributed by atoms with van der Waals surface area (Å²) in [5, 5.41) is 16.2. The Balaban J connectivity index is 2.25. The number of amides is 2. The van der Waals surface area contributed by atoms with Gasteiger partial charge in [-0.15, -0.1) is 0 Å². The van der Waals surface area contributed by atoms with Crippen LogP contribution in [0.15, 0.2) is 42.5 Å². The number of carbonyl (C=O) groups excluding carboxylic acids is 2. The van der Waals surface area contributed by atoms with Gasteiger partial charge in [0.15, 0.2) is 0 Å². The maximum absolute atomic E-state index is 12.4. The van der Waals surface area contributed by atoms with Gasteiger partial charge in [-0.2, -0.15) is 0 Å². The van der Waals surface area contributed by atoms with Crippen molar-refractivity contribution in [2.45, 2.75) is 13.3 Å². The van der Waals surface area contributed by atoms with Gasteiger partial charge in [-0.05, 0) is 30.7 Å². The Morgan fingerprint density at radius 2 is 1.88 bits per heavy atom. The molecule has 2 rings (SSSR count). The van der Waals surface area contributed by atoms with E-state index in [0.717, 1.165) is 12.5 Å². The second kappa shape index (κ2) is 8.25. The van der Waals surface area contributed by atoms with Crippen molar-refractivity contribution in [2.75, 3.05) is 11.9 Å². The Morgan fingerprint density at radius 3 is 2.56 bits per heavy atom. The largest absolute Gasteiger partial charge is 0.352 e. The van der Waals surface area contributed by atoms with Crippen molar-refractivity contribution in [3.8, 4) is 0 Å². The Hall–Kier alpha value is -2.93. The molecule has 2 aromatic carbocycles. The van der Waals surface area contributed by atoms with Crippen molar-refractivity contribution in [1.29, 1.82) is 0 Å². The molecule has 0 aliphatic carbocycles. The smallest absolute Gasteiger partial charge is 0.288 e. The number of carbonyl (C=O) groups is 2. The van der Waals surface area contributed by atoms with Crippen LogP contribution in [0.2, 0.25) is 5.02 Å². The van der Waals surface area contributed by atoms with Gasteiger partial charge in [0.05, 0.1) is 16.2 Å². The average Bonchev–Trinajstić information content (AvgIpc) is 2.60. The van der Waals surface area contributed by atoms with Crippen LogP contribution < -0.4 is 10.6 Å². The minimum absolute atomic E-state index is 0.0547. The van der Waals surface area contributed by atoms with E-state index in [1.165, 1.54) is 12.1 Å². The number of nitro groups is 1. The highest BCUT2D eigenvalue weighted by atomic mass is 35.5. The zero-order chi connectivity index (χ0) is 18.4. The molecule has 0 saturated heterocycles.